The first-order chi connectivity index (χ1) is 12.3. The van der Waals surface area contributed by atoms with Gasteiger partial charge in [-0.25, -0.2) is 4.68 Å². The van der Waals surface area contributed by atoms with Crippen LogP contribution in [-0.2, 0) is 13.6 Å². The zero-order chi connectivity index (χ0) is 18.4. The molecule has 0 spiro atoms. The van der Waals surface area contributed by atoms with E-state index in [9.17, 15) is 0 Å². The molecule has 1 aliphatic heterocycles. The molecule has 25 heavy (non-hydrogen) atoms. The zero-order valence-corrected chi connectivity index (χ0v) is 16.1. The lowest BCUT2D eigenvalue weighted by Gasteiger charge is -2.26. The molecule has 0 radical (unpaired) electrons. The van der Waals surface area contributed by atoms with Gasteiger partial charge in [0, 0.05) is 37.5 Å². The molecule has 0 N–H and O–H groups in total. The summed E-state index contributed by atoms with van der Waals surface area (Å²) in [5.74, 6) is 0. The molecule has 0 saturated heterocycles. The molecule has 1 aliphatic rings. The molecule has 3 aromatic rings. The van der Waals surface area contributed by atoms with Crippen LogP contribution in [0.3, 0.4) is 0 Å². The largest absolute Gasteiger partial charge is 0.370 e. The van der Waals surface area contributed by atoms with Gasteiger partial charge < -0.3 is 4.90 Å². The van der Waals surface area contributed by atoms with Gasteiger partial charge in [0.1, 0.15) is 5.69 Å². The van der Waals surface area contributed by atoms with Gasteiger partial charge in [-0.15, -0.1) is 5.10 Å². The van der Waals surface area contributed by atoms with Crippen LogP contribution in [0, 0.1) is 0 Å². The molecule has 2 heterocycles. The Balaban J connectivity index is 0.000000528. The minimum Gasteiger partial charge on any atom is -0.370 e. The van der Waals surface area contributed by atoms with Gasteiger partial charge in [0.2, 0.25) is 0 Å². The van der Waals surface area contributed by atoms with Crippen LogP contribution in [0.5, 0.6) is 0 Å². The van der Waals surface area contributed by atoms with Crippen LogP contribution in [0.2, 0.25) is 0 Å². The molecule has 0 atom stereocenters. The van der Waals surface area contributed by atoms with Crippen molar-refractivity contribution in [3.63, 3.8) is 0 Å². The summed E-state index contributed by atoms with van der Waals surface area (Å²) in [6, 6.07) is 16.9. The molecule has 4 rings (SSSR count). The predicted octanol–water partition coefficient (Wildman–Crippen LogP) is 5.15. The average molecular weight is 336 g/mol. The van der Waals surface area contributed by atoms with Crippen LogP contribution >= 0.6 is 0 Å². The number of nitrogens with zero attached hydrogens (tertiary/aromatic N) is 4. The Hall–Kier alpha value is -2.62. The fourth-order valence-electron chi connectivity index (χ4n) is 3.08. The minimum atomic E-state index is 0.864. The lowest BCUT2D eigenvalue weighted by atomic mass is 9.96. The van der Waals surface area contributed by atoms with Crippen molar-refractivity contribution in [2.24, 2.45) is 7.05 Å². The standard InChI is InChI=1S/C17H16N4.2C2H6/c1-20-11-12-7-3-4-8-13(12)16-17(21(2)19-18-16)14-9-5-6-10-15(14)20;2*1-2/h3-10H,11H2,1-2H3;2*1-2H3. The topological polar surface area (TPSA) is 34.0 Å². The highest BCUT2D eigenvalue weighted by atomic mass is 15.4. The summed E-state index contributed by atoms with van der Waals surface area (Å²) in [5, 5.41) is 8.67. The summed E-state index contributed by atoms with van der Waals surface area (Å²) >= 11 is 0. The monoisotopic (exact) mass is 336 g/mol. The van der Waals surface area contributed by atoms with E-state index < -0.39 is 0 Å². The third-order valence-corrected chi connectivity index (χ3v) is 4.08. The van der Waals surface area contributed by atoms with E-state index in [1.165, 1.54) is 22.4 Å². The Bertz CT molecular complexity index is 820. The highest BCUT2D eigenvalue weighted by molar-refractivity contribution is 5.87. The molecular formula is C21H28N4. The Morgan fingerprint density at radius 2 is 1.40 bits per heavy atom. The predicted molar refractivity (Wildman–Crippen MR) is 107 cm³/mol. The SMILES string of the molecule is CC.CC.CN1Cc2ccccc2-c2nnn(C)c2-c2ccccc21. The maximum atomic E-state index is 4.42. The quantitative estimate of drug-likeness (QED) is 0.569. The van der Waals surface area contributed by atoms with Crippen molar-refractivity contribution < 1.29 is 0 Å². The van der Waals surface area contributed by atoms with Crippen LogP contribution in [0.25, 0.3) is 22.5 Å². The minimum absolute atomic E-state index is 0.864. The smallest absolute Gasteiger partial charge is 0.121 e. The summed E-state index contributed by atoms with van der Waals surface area (Å²) in [6.45, 7) is 8.86. The third kappa shape index (κ3) is 3.43. The van der Waals surface area contributed by atoms with Gasteiger partial charge in [-0.05, 0) is 11.6 Å². The van der Waals surface area contributed by atoms with E-state index in [0.717, 1.165) is 17.9 Å². The lowest BCUT2D eigenvalue weighted by Crippen LogP contribution is -2.19. The van der Waals surface area contributed by atoms with E-state index in [1.54, 1.807) is 0 Å². The summed E-state index contributed by atoms with van der Waals surface area (Å²) < 4.78 is 1.87. The molecule has 4 nitrogen and oxygen atoms in total. The van der Waals surface area contributed by atoms with Gasteiger partial charge in [-0.3, -0.25) is 0 Å². The number of anilines is 1. The van der Waals surface area contributed by atoms with Crippen LogP contribution in [0.15, 0.2) is 48.5 Å². The maximum Gasteiger partial charge on any atom is 0.121 e. The molecule has 132 valence electrons. The molecule has 0 bridgehead atoms. The number of hydrogen-bond donors (Lipinski definition) is 0. The second-order valence-corrected chi connectivity index (χ2v) is 5.44. The van der Waals surface area contributed by atoms with Crippen molar-refractivity contribution in [2.45, 2.75) is 34.2 Å². The summed E-state index contributed by atoms with van der Waals surface area (Å²) in [7, 11) is 4.08. The van der Waals surface area contributed by atoms with Gasteiger partial charge >= 0.3 is 0 Å². The Kier molecular flexibility index (Phi) is 6.34. The van der Waals surface area contributed by atoms with Crippen LogP contribution in [-0.4, -0.2) is 22.0 Å². The van der Waals surface area contributed by atoms with Crippen LogP contribution in [0.4, 0.5) is 5.69 Å². The lowest BCUT2D eigenvalue weighted by molar-refractivity contribution is 0.721. The van der Waals surface area contributed by atoms with E-state index in [-0.39, 0.29) is 0 Å². The number of aromatic nitrogens is 3. The molecule has 4 heteroatoms. The first-order valence-electron chi connectivity index (χ1n) is 9.04. The molecule has 0 fully saturated rings. The molecule has 0 unspecified atom stereocenters. The van der Waals surface area contributed by atoms with E-state index in [2.05, 4.69) is 70.8 Å². The molecule has 0 saturated carbocycles. The van der Waals surface area contributed by atoms with Crippen LogP contribution in [0.1, 0.15) is 33.3 Å². The van der Waals surface area contributed by atoms with Crippen molar-refractivity contribution in [2.75, 3.05) is 11.9 Å². The molecule has 2 aromatic carbocycles. The van der Waals surface area contributed by atoms with Gasteiger partial charge in [0.25, 0.3) is 0 Å². The average Bonchev–Trinajstić information content (AvgIpc) is 3.05. The maximum absolute atomic E-state index is 4.42. The van der Waals surface area contributed by atoms with Crippen molar-refractivity contribution in [3.05, 3.63) is 54.1 Å². The normalized spacial score (nSPS) is 11.4. The Morgan fingerprint density at radius 1 is 0.800 bits per heavy atom. The number of fused-ring (bicyclic) bond motifs is 5. The number of para-hydroxylation sites is 1. The summed E-state index contributed by atoms with van der Waals surface area (Å²) in [5.41, 5.74) is 6.87. The van der Waals surface area contributed by atoms with Crippen molar-refractivity contribution >= 4 is 5.69 Å². The van der Waals surface area contributed by atoms with E-state index in [0.29, 0.717) is 0 Å². The van der Waals surface area contributed by atoms with E-state index in [4.69, 9.17) is 0 Å². The van der Waals surface area contributed by atoms with Crippen molar-refractivity contribution in [1.29, 1.82) is 0 Å². The van der Waals surface area contributed by atoms with Gasteiger partial charge in [0.05, 0.1) is 5.69 Å². The molecule has 0 aliphatic carbocycles. The van der Waals surface area contributed by atoms with E-state index in [1.807, 2.05) is 39.4 Å². The third-order valence-electron chi connectivity index (χ3n) is 4.08. The number of rotatable bonds is 0. The van der Waals surface area contributed by atoms with Gasteiger partial charge in [0.15, 0.2) is 0 Å². The van der Waals surface area contributed by atoms with Gasteiger partial charge in [-0.2, -0.15) is 0 Å². The first-order valence-corrected chi connectivity index (χ1v) is 9.04. The molecule has 1 aromatic heterocycles. The zero-order valence-electron chi connectivity index (χ0n) is 16.1. The fourth-order valence-corrected chi connectivity index (χ4v) is 3.08. The van der Waals surface area contributed by atoms with E-state index >= 15 is 0 Å². The Labute approximate surface area is 151 Å². The number of hydrogen-bond acceptors (Lipinski definition) is 3. The fraction of sp³-hybridized carbons (Fsp3) is 0.333. The molecule has 0 amide bonds. The highest BCUT2D eigenvalue weighted by Gasteiger charge is 2.23. The highest BCUT2D eigenvalue weighted by Crippen LogP contribution is 2.39. The van der Waals surface area contributed by atoms with Crippen molar-refractivity contribution in [1.82, 2.24) is 15.0 Å². The first kappa shape index (κ1) is 18.7. The number of aryl methyl sites for hydroxylation is 1. The second kappa shape index (κ2) is 8.47. The van der Waals surface area contributed by atoms with Crippen molar-refractivity contribution in [3.8, 4) is 22.5 Å². The molecular weight excluding hydrogens is 308 g/mol. The number of benzene rings is 2. The Morgan fingerprint density at radius 3 is 2.12 bits per heavy atom. The summed E-state index contributed by atoms with van der Waals surface area (Å²) in [6.07, 6.45) is 0. The van der Waals surface area contributed by atoms with Crippen LogP contribution < -0.4 is 4.90 Å². The second-order valence-electron chi connectivity index (χ2n) is 5.44. The summed E-state index contributed by atoms with van der Waals surface area (Å²) in [4.78, 5) is 2.28. The van der Waals surface area contributed by atoms with Gasteiger partial charge in [-0.1, -0.05) is 75.4 Å².